The standard InChI is InChI=1S/C80H88N8O8.Li/c1-9-17-41-89-65-49-33-25-26-34-50(49)66(90-42-18-10-2)58-57(65)73-81-74(58)86-76-61-62(70(94-46-22-14-6)54-38-30-29-37-53(54)69(61)93-45-21-13-5)78(83-76)88-80-64-63(71(95-47-23-15-7)55-39-31-32-40-56(55)72(64)96-48-24-16-8)79(84-80)87-77-60-59(75(82-77)85-73)67(91-43-19-11-3)51-35-27-28-36-52(51)68(60)92-44-20-12-4;/h25-40H,9-24,41-48H2,1-8H3;/q-1;+1. The van der Waals surface area contributed by atoms with E-state index < -0.39 is 0 Å². The SMILES string of the molecule is CCCCOc1c2c(c(OCCCC)c3ccccc13)C1=NC3=c4c(OCCCC)c5ccccc5c(OCCCC)c4=C([N]3)N=C3N=C(N=c4[n-]c(c5c(OCCCC)c6ccccc6c(OCCCC)c45)=NC2=N1)c1c3c(OCCCC)c2ccccc2c1OCCCC.[Li+]. The molecule has 0 unspecified atom stereocenters. The second-order valence-electron chi connectivity index (χ2n) is 24.9. The predicted molar refractivity (Wildman–Crippen MR) is 387 cm³/mol. The van der Waals surface area contributed by atoms with E-state index in [1.165, 1.54) is 0 Å². The van der Waals surface area contributed by atoms with Crippen LogP contribution in [-0.4, -0.2) is 76.2 Å². The summed E-state index contributed by atoms with van der Waals surface area (Å²) in [5.74, 6) is 6.68. The van der Waals surface area contributed by atoms with Gasteiger partial charge >= 0.3 is 18.9 Å². The van der Waals surface area contributed by atoms with E-state index in [0.29, 0.717) is 188 Å². The first-order valence-electron chi connectivity index (χ1n) is 35.5. The first-order valence-corrected chi connectivity index (χ1v) is 35.5. The smallest absolute Gasteiger partial charge is 0.492 e. The largest absolute Gasteiger partial charge is 1.00 e. The van der Waals surface area contributed by atoms with Crippen LogP contribution in [0.1, 0.15) is 180 Å². The molecule has 13 rings (SSSR count). The summed E-state index contributed by atoms with van der Waals surface area (Å²) in [6.07, 6.45) is 13.8. The summed E-state index contributed by atoms with van der Waals surface area (Å²) in [4.78, 5) is 40.1. The van der Waals surface area contributed by atoms with Crippen molar-refractivity contribution in [3.63, 3.8) is 0 Å². The fourth-order valence-corrected chi connectivity index (χ4v) is 12.9. The monoisotopic (exact) mass is 1300 g/mol. The summed E-state index contributed by atoms with van der Waals surface area (Å²) in [5.41, 5.74) is 3.06. The fraction of sp³-hybridized carbons (Fsp3) is 0.400. The van der Waals surface area contributed by atoms with Crippen molar-refractivity contribution in [2.24, 2.45) is 30.0 Å². The minimum atomic E-state index is 0. The summed E-state index contributed by atoms with van der Waals surface area (Å²) in [6.45, 7) is 20.8. The Balaban J connectivity index is 0.00000897. The van der Waals surface area contributed by atoms with Crippen molar-refractivity contribution in [1.29, 1.82) is 0 Å². The predicted octanol–water partition coefficient (Wildman–Crippen LogP) is 13.0. The van der Waals surface area contributed by atoms with Gasteiger partial charge in [0.1, 0.15) is 46.0 Å². The maximum absolute atomic E-state index is 7.13. The van der Waals surface area contributed by atoms with Crippen LogP contribution in [0.15, 0.2) is 127 Å². The van der Waals surface area contributed by atoms with E-state index in [0.717, 1.165) is 146 Å². The van der Waals surface area contributed by atoms with Crippen LogP contribution in [0.3, 0.4) is 0 Å². The van der Waals surface area contributed by atoms with Gasteiger partial charge in [0.15, 0.2) is 23.3 Å². The normalized spacial score (nSPS) is 13.5. The van der Waals surface area contributed by atoms with Crippen molar-refractivity contribution < 1.29 is 56.8 Å². The number of nitrogens with zero attached hydrogens (tertiary/aromatic N) is 8. The molecule has 4 aliphatic rings. The van der Waals surface area contributed by atoms with E-state index >= 15 is 0 Å². The van der Waals surface area contributed by atoms with Crippen molar-refractivity contribution in [1.82, 2.24) is 10.3 Å². The van der Waals surface area contributed by atoms with Gasteiger partial charge in [0, 0.05) is 64.8 Å². The first kappa shape index (κ1) is 68.1. The van der Waals surface area contributed by atoms with Crippen molar-refractivity contribution in [2.45, 2.75) is 158 Å². The number of unbranched alkanes of at least 4 members (excludes halogenated alkanes) is 8. The Hall–Kier alpha value is -8.84. The molecule has 0 spiro atoms. The van der Waals surface area contributed by atoms with E-state index in [1.807, 2.05) is 48.5 Å². The van der Waals surface area contributed by atoms with E-state index in [1.54, 1.807) is 0 Å². The van der Waals surface area contributed by atoms with E-state index in [-0.39, 0.29) is 18.9 Å². The number of aromatic nitrogens is 1. The molecule has 4 aliphatic heterocycles. The maximum Gasteiger partial charge on any atom is 1.00 e. The summed E-state index contributed by atoms with van der Waals surface area (Å²) >= 11 is 0. The molecule has 8 bridgehead atoms. The van der Waals surface area contributed by atoms with Crippen LogP contribution < -0.4 is 88.5 Å². The van der Waals surface area contributed by atoms with Gasteiger partial charge in [-0.25, -0.2) is 25.3 Å². The molecular formula is C80H88LiN8O8. The third-order valence-electron chi connectivity index (χ3n) is 17.9. The zero-order valence-corrected chi connectivity index (χ0v) is 58.1. The summed E-state index contributed by atoms with van der Waals surface area (Å²) in [5, 5.41) is 14.9. The number of rotatable bonds is 32. The second kappa shape index (κ2) is 31.6. The minimum Gasteiger partial charge on any atom is -0.492 e. The summed E-state index contributed by atoms with van der Waals surface area (Å²) < 4.78 is 57.0. The Morgan fingerprint density at radius 2 is 0.485 bits per heavy atom. The molecule has 0 saturated carbocycles. The van der Waals surface area contributed by atoms with Gasteiger partial charge in [0.05, 0.1) is 97.2 Å². The molecule has 8 aromatic carbocycles. The molecule has 0 aliphatic carbocycles. The zero-order chi connectivity index (χ0) is 66.1. The second-order valence-corrected chi connectivity index (χ2v) is 24.9. The molecular weight excluding hydrogens is 1210 g/mol. The van der Waals surface area contributed by atoms with Crippen LogP contribution in [0.4, 0.5) is 0 Å². The van der Waals surface area contributed by atoms with Gasteiger partial charge in [-0.3, -0.25) is 0 Å². The molecule has 1 aromatic heterocycles. The number of benzene rings is 8. The van der Waals surface area contributed by atoms with Gasteiger partial charge in [-0.15, -0.1) is 0 Å². The van der Waals surface area contributed by atoms with Gasteiger partial charge in [-0.2, -0.15) is 0 Å². The van der Waals surface area contributed by atoms with Crippen LogP contribution in [0.5, 0.6) is 46.0 Å². The summed E-state index contributed by atoms with van der Waals surface area (Å²) in [6, 6.07) is 33.0. The Kier molecular flexibility index (Phi) is 22.2. The van der Waals surface area contributed by atoms with E-state index in [2.05, 4.69) is 104 Å². The van der Waals surface area contributed by atoms with Gasteiger partial charge < -0.3 is 52.9 Å². The molecule has 1 radical (unpaired) electrons. The molecule has 0 fully saturated rings. The quantitative estimate of drug-likeness (QED) is 0.0293. The topological polar surface area (TPSA) is 176 Å². The van der Waals surface area contributed by atoms with Crippen molar-refractivity contribution in [2.75, 3.05) is 52.9 Å². The zero-order valence-electron chi connectivity index (χ0n) is 58.1. The average Bonchev–Trinajstić information content (AvgIpc) is 1.57. The van der Waals surface area contributed by atoms with Crippen LogP contribution in [-0.2, 0) is 0 Å². The van der Waals surface area contributed by atoms with Gasteiger partial charge in [-0.1, -0.05) is 204 Å². The molecule has 0 atom stereocenters. The number of hydrogen-bond donors (Lipinski definition) is 0. The molecule has 9 aromatic rings. The van der Waals surface area contributed by atoms with Crippen molar-refractivity contribution in [3.8, 4) is 46.0 Å². The molecule has 497 valence electrons. The van der Waals surface area contributed by atoms with Crippen molar-refractivity contribution in [3.05, 3.63) is 141 Å². The Morgan fingerprint density at radius 3 is 0.742 bits per heavy atom. The van der Waals surface area contributed by atoms with Crippen molar-refractivity contribution >= 4 is 88.8 Å². The van der Waals surface area contributed by atoms with Crippen LogP contribution >= 0.6 is 0 Å². The van der Waals surface area contributed by atoms with Gasteiger partial charge in [0.2, 0.25) is 0 Å². The maximum atomic E-state index is 7.13. The Morgan fingerprint density at radius 1 is 0.268 bits per heavy atom. The number of hydrogen-bond acceptors (Lipinski definition) is 14. The number of aliphatic imine (C=N–C) groups is 4. The third kappa shape index (κ3) is 13.2. The number of ether oxygens (including phenoxy) is 8. The molecule has 17 heteroatoms. The number of amidine groups is 4. The summed E-state index contributed by atoms with van der Waals surface area (Å²) in [7, 11) is 0. The molecule has 0 saturated heterocycles. The average molecular weight is 1300 g/mol. The van der Waals surface area contributed by atoms with Crippen LogP contribution in [0.2, 0.25) is 0 Å². The van der Waals surface area contributed by atoms with Crippen LogP contribution in [0, 0.1) is 0 Å². The molecule has 0 N–H and O–H groups in total. The molecule has 0 amide bonds. The Labute approximate surface area is 580 Å². The van der Waals surface area contributed by atoms with Crippen LogP contribution in [0.25, 0.3) is 65.5 Å². The third-order valence-corrected chi connectivity index (χ3v) is 17.9. The molecule has 97 heavy (non-hydrogen) atoms. The van der Waals surface area contributed by atoms with E-state index in [4.69, 9.17) is 78.2 Å². The molecule has 5 heterocycles. The Bertz CT molecular complexity index is 4540. The number of fused-ring (bicyclic) bond motifs is 20. The minimum absolute atomic E-state index is 0. The first-order chi connectivity index (χ1) is 47.4. The fourth-order valence-electron chi connectivity index (χ4n) is 12.9. The molecule has 16 nitrogen and oxygen atoms in total. The van der Waals surface area contributed by atoms with Gasteiger partial charge in [0.25, 0.3) is 0 Å². The van der Waals surface area contributed by atoms with Gasteiger partial charge in [-0.05, 0) is 51.4 Å². The van der Waals surface area contributed by atoms with E-state index in [9.17, 15) is 0 Å².